The van der Waals surface area contributed by atoms with E-state index in [-0.39, 0.29) is 23.5 Å². The molecule has 3 heterocycles. The second-order valence-electron chi connectivity index (χ2n) is 5.79. The Morgan fingerprint density at radius 3 is 2.86 bits per heavy atom. The lowest BCUT2D eigenvalue weighted by molar-refractivity contribution is 0.434. The van der Waals surface area contributed by atoms with Crippen molar-refractivity contribution in [2.45, 2.75) is 23.3 Å². The van der Waals surface area contributed by atoms with Crippen molar-refractivity contribution in [2.75, 3.05) is 0 Å². The molecule has 22 heavy (non-hydrogen) atoms. The second-order valence-corrected chi connectivity index (χ2v) is 7.06. The van der Waals surface area contributed by atoms with Crippen LogP contribution in [0.5, 0.6) is 5.88 Å². The summed E-state index contributed by atoms with van der Waals surface area (Å²) in [6, 6.07) is 7.30. The Bertz CT molecular complexity index is 980. The first-order chi connectivity index (χ1) is 10.7. The van der Waals surface area contributed by atoms with Crippen LogP contribution in [0.3, 0.4) is 0 Å². The Balaban J connectivity index is 1.79. The van der Waals surface area contributed by atoms with Gasteiger partial charge in [-0.1, -0.05) is 30.4 Å². The van der Waals surface area contributed by atoms with Gasteiger partial charge in [0, 0.05) is 16.9 Å². The first-order valence-electron chi connectivity index (χ1n) is 7.13. The Morgan fingerprint density at radius 1 is 1.23 bits per heavy atom. The number of hydrogen-bond acceptors (Lipinski definition) is 3. The molecule has 3 atom stereocenters. The van der Waals surface area contributed by atoms with Crippen LogP contribution in [0.2, 0.25) is 0 Å². The zero-order valence-corrected chi connectivity index (χ0v) is 12.3. The van der Waals surface area contributed by atoms with Crippen LogP contribution in [-0.2, 0) is 10.8 Å². The lowest BCUT2D eigenvalue weighted by Crippen LogP contribution is -2.25. The van der Waals surface area contributed by atoms with Crippen molar-refractivity contribution >= 4 is 16.5 Å². The van der Waals surface area contributed by atoms with Crippen LogP contribution in [-0.4, -0.2) is 18.4 Å². The van der Waals surface area contributed by atoms with Gasteiger partial charge in [0.15, 0.2) is 0 Å². The van der Waals surface area contributed by atoms with Gasteiger partial charge in [-0.25, -0.2) is 13.6 Å². The summed E-state index contributed by atoms with van der Waals surface area (Å²) in [4.78, 5) is 13.4. The Morgan fingerprint density at radius 2 is 2.05 bits per heavy atom. The number of aromatic nitrogens is 2. The third kappa shape index (κ3) is 1.29. The highest BCUT2D eigenvalue weighted by Crippen LogP contribution is 2.47. The number of rotatable bonds is 1. The van der Waals surface area contributed by atoms with Crippen molar-refractivity contribution in [3.63, 3.8) is 0 Å². The molecule has 1 aliphatic carbocycles. The fourth-order valence-corrected chi connectivity index (χ4v) is 4.90. The molecule has 0 saturated heterocycles. The highest BCUT2D eigenvalue weighted by atomic mass is 32.2. The van der Waals surface area contributed by atoms with Crippen LogP contribution in [0.25, 0.3) is 5.70 Å². The van der Waals surface area contributed by atoms with Crippen LogP contribution in [0.1, 0.15) is 29.6 Å². The molecule has 1 aromatic carbocycles. The summed E-state index contributed by atoms with van der Waals surface area (Å²) in [5, 5.41) is 12.1. The highest BCUT2D eigenvalue weighted by Gasteiger charge is 2.40. The number of hydrogen-bond donors (Lipinski definition) is 1. The molecular weight excluding hydrogens is 300 g/mol. The third-order valence-electron chi connectivity index (χ3n) is 4.68. The Kier molecular flexibility index (Phi) is 2.16. The molecule has 6 heteroatoms. The van der Waals surface area contributed by atoms with Gasteiger partial charge >= 0.3 is 5.69 Å². The maximum absolute atomic E-state index is 12.8. The second kappa shape index (κ2) is 3.89. The molecule has 5 rings (SSSR count). The minimum Gasteiger partial charge on any atom is -0.493 e. The van der Waals surface area contributed by atoms with Crippen LogP contribution < -0.4 is 5.69 Å². The lowest BCUT2D eigenvalue weighted by Gasteiger charge is -2.07. The number of aromatic hydroxyl groups is 1. The molecule has 0 spiro atoms. The summed E-state index contributed by atoms with van der Waals surface area (Å²) in [5.74, 6) is 0.0727. The molecule has 0 fully saturated rings. The van der Waals surface area contributed by atoms with Gasteiger partial charge in [-0.05, 0) is 12.5 Å². The fraction of sp³-hybridized carbons (Fsp3) is 0.188. The van der Waals surface area contributed by atoms with Crippen molar-refractivity contribution in [1.29, 1.82) is 0 Å². The first kappa shape index (κ1) is 12.2. The summed E-state index contributed by atoms with van der Waals surface area (Å²) in [5.41, 5.74) is 1.67. The van der Waals surface area contributed by atoms with Crippen LogP contribution >= 0.6 is 0 Å². The van der Waals surface area contributed by atoms with Gasteiger partial charge in [0.2, 0.25) is 5.88 Å². The average molecular weight is 312 g/mol. The summed E-state index contributed by atoms with van der Waals surface area (Å²) in [7, 11) is -1.29. The first-order valence-corrected chi connectivity index (χ1v) is 8.34. The minimum absolute atomic E-state index is 0.0261. The van der Waals surface area contributed by atoms with Gasteiger partial charge in [0.1, 0.15) is 0 Å². The highest BCUT2D eigenvalue weighted by molar-refractivity contribution is 7.88. The molecule has 0 radical (unpaired) electrons. The summed E-state index contributed by atoms with van der Waals surface area (Å²) in [6.07, 6.45) is 4.90. The molecule has 110 valence electrons. The molecule has 5 nitrogen and oxygen atoms in total. The van der Waals surface area contributed by atoms with Gasteiger partial charge in [0.05, 0.1) is 33.1 Å². The third-order valence-corrected chi connectivity index (χ3v) is 5.91. The molecule has 3 aliphatic rings. The van der Waals surface area contributed by atoms with E-state index in [2.05, 4.69) is 0 Å². The fourth-order valence-electron chi connectivity index (χ4n) is 3.73. The largest absolute Gasteiger partial charge is 0.493 e. The van der Waals surface area contributed by atoms with Crippen molar-refractivity contribution in [1.82, 2.24) is 9.13 Å². The van der Waals surface area contributed by atoms with E-state index in [1.54, 1.807) is 10.6 Å². The molecule has 2 aliphatic heterocycles. The van der Waals surface area contributed by atoms with Crippen molar-refractivity contribution in [2.24, 2.45) is 0 Å². The summed E-state index contributed by atoms with van der Waals surface area (Å²) >= 11 is 0. The van der Waals surface area contributed by atoms with E-state index in [0.717, 1.165) is 12.0 Å². The zero-order valence-electron chi connectivity index (χ0n) is 11.5. The number of fused-ring (bicyclic) bond motifs is 6. The van der Waals surface area contributed by atoms with Gasteiger partial charge in [0.25, 0.3) is 0 Å². The molecular formula is C16H12N2O3S. The number of imidazole rings is 1. The van der Waals surface area contributed by atoms with Crippen LogP contribution in [0.15, 0.2) is 51.5 Å². The Labute approximate surface area is 128 Å². The van der Waals surface area contributed by atoms with E-state index in [9.17, 15) is 14.1 Å². The SMILES string of the molecule is O=c1n(C2=CS(=O)c3ccccc32)c(O)c2n1[C@H]1C=C[C@@H]2C1. The zero-order chi connectivity index (χ0) is 15.0. The van der Waals surface area contributed by atoms with Gasteiger partial charge < -0.3 is 5.11 Å². The van der Waals surface area contributed by atoms with E-state index in [1.165, 1.54) is 9.98 Å². The number of nitrogens with zero attached hydrogens (tertiary/aromatic N) is 2. The summed E-state index contributed by atoms with van der Waals surface area (Å²) < 4.78 is 15.2. The maximum atomic E-state index is 12.8. The molecule has 1 N–H and O–H groups in total. The number of benzene rings is 1. The standard InChI is InChI=1S/C16H12N2O3S/c19-15-14-9-5-6-10(7-9)17(14)16(20)18(15)12-8-22(21)13-4-2-1-3-11(12)13/h1-6,8-10,19H,7H2/t9-,10+,22?/m1/s1. The average Bonchev–Trinajstić information content (AvgIpc) is 3.25. The predicted molar refractivity (Wildman–Crippen MR) is 82.1 cm³/mol. The molecule has 0 saturated carbocycles. The number of allylic oxidation sites excluding steroid dienone is 2. The molecule has 1 aromatic heterocycles. The van der Waals surface area contributed by atoms with E-state index in [1.807, 2.05) is 30.4 Å². The van der Waals surface area contributed by atoms with E-state index in [4.69, 9.17) is 0 Å². The molecule has 2 aromatic rings. The normalized spacial score (nSPS) is 27.1. The molecule has 1 unspecified atom stereocenters. The van der Waals surface area contributed by atoms with Crippen molar-refractivity contribution in [3.05, 3.63) is 63.6 Å². The van der Waals surface area contributed by atoms with Gasteiger partial charge in [-0.2, -0.15) is 0 Å². The van der Waals surface area contributed by atoms with Crippen molar-refractivity contribution < 1.29 is 9.32 Å². The smallest absolute Gasteiger partial charge is 0.336 e. The van der Waals surface area contributed by atoms with Gasteiger partial charge in [-0.15, -0.1) is 0 Å². The molecule has 0 amide bonds. The Hall–Kier alpha value is -2.34. The summed E-state index contributed by atoms with van der Waals surface area (Å²) in [6.45, 7) is 0. The van der Waals surface area contributed by atoms with E-state index >= 15 is 0 Å². The predicted octanol–water partition coefficient (Wildman–Crippen LogP) is 1.92. The van der Waals surface area contributed by atoms with Crippen LogP contribution in [0, 0.1) is 0 Å². The maximum Gasteiger partial charge on any atom is 0.336 e. The van der Waals surface area contributed by atoms with Crippen LogP contribution in [0.4, 0.5) is 0 Å². The van der Waals surface area contributed by atoms with Gasteiger partial charge in [-0.3, -0.25) is 4.57 Å². The van der Waals surface area contributed by atoms with E-state index in [0.29, 0.717) is 16.3 Å². The molecule has 2 bridgehead atoms. The lowest BCUT2D eigenvalue weighted by atomic mass is 10.1. The van der Waals surface area contributed by atoms with Crippen molar-refractivity contribution in [3.8, 4) is 5.88 Å². The minimum atomic E-state index is -1.29. The van der Waals surface area contributed by atoms with E-state index < -0.39 is 10.8 Å². The monoisotopic (exact) mass is 312 g/mol. The quantitative estimate of drug-likeness (QED) is 0.818. The topological polar surface area (TPSA) is 64.2 Å².